The first kappa shape index (κ1) is 17.1. The van der Waals surface area contributed by atoms with Crippen molar-refractivity contribution in [3.8, 4) is 0 Å². The molecule has 1 unspecified atom stereocenters. The van der Waals surface area contributed by atoms with Gasteiger partial charge in [0.1, 0.15) is 0 Å². The van der Waals surface area contributed by atoms with Gasteiger partial charge in [-0.2, -0.15) is 5.10 Å². The molecule has 0 aromatic carbocycles. The minimum Gasteiger partial charge on any atom is -0.382 e. The van der Waals surface area contributed by atoms with Crippen LogP contribution in [0.2, 0.25) is 0 Å². The predicted molar refractivity (Wildman–Crippen MR) is 80.9 cm³/mol. The number of ether oxygens (including phenoxy) is 2. The monoisotopic (exact) mass is 283 g/mol. The molecule has 0 saturated heterocycles. The average Bonchev–Trinajstić information content (AvgIpc) is 2.91. The maximum Gasteiger partial charge on any atom is 0.0700 e. The summed E-state index contributed by atoms with van der Waals surface area (Å²) in [6.45, 7) is 8.39. The van der Waals surface area contributed by atoms with Gasteiger partial charge in [0.05, 0.1) is 19.4 Å². The Morgan fingerprint density at radius 3 is 2.80 bits per heavy atom. The Labute approximate surface area is 122 Å². The molecule has 5 heteroatoms. The maximum absolute atomic E-state index is 5.57. The molecule has 0 radical (unpaired) electrons. The maximum atomic E-state index is 5.57. The van der Waals surface area contributed by atoms with Gasteiger partial charge in [0.15, 0.2) is 0 Å². The van der Waals surface area contributed by atoms with Crippen LogP contribution in [0.25, 0.3) is 0 Å². The normalized spacial score (nSPS) is 12.8. The molecule has 0 saturated carbocycles. The summed E-state index contributed by atoms with van der Waals surface area (Å²) in [4.78, 5) is 0. The summed E-state index contributed by atoms with van der Waals surface area (Å²) >= 11 is 0. The van der Waals surface area contributed by atoms with Crippen LogP contribution in [-0.2, 0) is 16.0 Å². The summed E-state index contributed by atoms with van der Waals surface area (Å²) in [6.07, 6.45) is 7.31. The standard InChI is InChI=1S/C15H29N3O2/c1-4-7-16-15(6-9-20-11-10-19-3)14-12-17-18(13-14)8-5-2/h12-13,15-16H,4-11H2,1-3H3. The zero-order chi connectivity index (χ0) is 14.6. The zero-order valence-corrected chi connectivity index (χ0v) is 13.1. The van der Waals surface area contributed by atoms with Gasteiger partial charge in [0, 0.05) is 38.1 Å². The molecule has 0 aliphatic heterocycles. The van der Waals surface area contributed by atoms with Crippen LogP contribution >= 0.6 is 0 Å². The Morgan fingerprint density at radius 2 is 2.10 bits per heavy atom. The van der Waals surface area contributed by atoms with E-state index in [9.17, 15) is 0 Å². The van der Waals surface area contributed by atoms with Gasteiger partial charge in [-0.1, -0.05) is 13.8 Å². The highest BCUT2D eigenvalue weighted by molar-refractivity contribution is 5.10. The van der Waals surface area contributed by atoms with Crippen molar-refractivity contribution in [1.82, 2.24) is 15.1 Å². The van der Waals surface area contributed by atoms with E-state index in [1.165, 1.54) is 5.56 Å². The minimum atomic E-state index is 0.322. The van der Waals surface area contributed by atoms with Crippen molar-refractivity contribution in [3.63, 3.8) is 0 Å². The average molecular weight is 283 g/mol. The van der Waals surface area contributed by atoms with E-state index < -0.39 is 0 Å². The van der Waals surface area contributed by atoms with Crippen LogP contribution in [0.3, 0.4) is 0 Å². The van der Waals surface area contributed by atoms with Crippen molar-refractivity contribution in [2.45, 2.75) is 45.7 Å². The predicted octanol–water partition coefficient (Wildman–Crippen LogP) is 2.39. The molecule has 0 spiro atoms. The van der Waals surface area contributed by atoms with E-state index in [0.717, 1.165) is 39.0 Å². The Kier molecular flexibility index (Phi) is 9.28. The quantitative estimate of drug-likeness (QED) is 0.598. The third-order valence-corrected chi connectivity index (χ3v) is 3.13. The van der Waals surface area contributed by atoms with Crippen molar-refractivity contribution in [1.29, 1.82) is 0 Å². The topological polar surface area (TPSA) is 48.3 Å². The molecule has 0 amide bonds. The number of nitrogens with one attached hydrogen (secondary N) is 1. The van der Waals surface area contributed by atoms with Gasteiger partial charge >= 0.3 is 0 Å². The first-order chi connectivity index (χ1) is 9.81. The van der Waals surface area contributed by atoms with Crippen molar-refractivity contribution in [2.75, 3.05) is 33.5 Å². The summed E-state index contributed by atoms with van der Waals surface area (Å²) in [5.74, 6) is 0. The first-order valence-electron chi connectivity index (χ1n) is 7.64. The summed E-state index contributed by atoms with van der Waals surface area (Å²) in [7, 11) is 1.69. The van der Waals surface area contributed by atoms with E-state index in [-0.39, 0.29) is 0 Å². The fraction of sp³-hybridized carbons (Fsp3) is 0.800. The van der Waals surface area contributed by atoms with Gasteiger partial charge in [-0.25, -0.2) is 0 Å². The van der Waals surface area contributed by atoms with Crippen molar-refractivity contribution >= 4 is 0 Å². The van der Waals surface area contributed by atoms with Crippen molar-refractivity contribution in [2.24, 2.45) is 0 Å². The molecular formula is C15H29N3O2. The van der Waals surface area contributed by atoms with E-state index in [0.29, 0.717) is 19.3 Å². The largest absolute Gasteiger partial charge is 0.382 e. The molecule has 0 aliphatic carbocycles. The number of rotatable bonds is 12. The number of aromatic nitrogens is 2. The Morgan fingerprint density at radius 1 is 1.25 bits per heavy atom. The van der Waals surface area contributed by atoms with Crippen LogP contribution in [0.5, 0.6) is 0 Å². The third-order valence-electron chi connectivity index (χ3n) is 3.13. The van der Waals surface area contributed by atoms with Gasteiger partial charge in [-0.15, -0.1) is 0 Å². The number of hydrogen-bond donors (Lipinski definition) is 1. The molecule has 0 bridgehead atoms. The summed E-state index contributed by atoms with van der Waals surface area (Å²) in [5, 5.41) is 7.98. The van der Waals surface area contributed by atoms with Gasteiger partial charge < -0.3 is 14.8 Å². The van der Waals surface area contributed by atoms with E-state index >= 15 is 0 Å². The molecule has 0 aliphatic rings. The molecular weight excluding hydrogens is 254 g/mol. The van der Waals surface area contributed by atoms with Gasteiger partial charge in [-0.05, 0) is 25.8 Å². The lowest BCUT2D eigenvalue weighted by atomic mass is 10.1. The summed E-state index contributed by atoms with van der Waals surface area (Å²) in [6, 6.07) is 0.322. The SMILES string of the molecule is CCCNC(CCOCCOC)c1cnn(CCC)c1. The Balaban J connectivity index is 2.44. The number of hydrogen-bond acceptors (Lipinski definition) is 4. The highest BCUT2D eigenvalue weighted by Crippen LogP contribution is 2.16. The first-order valence-corrected chi connectivity index (χ1v) is 7.64. The Bertz CT molecular complexity index is 342. The molecule has 1 aromatic rings. The zero-order valence-electron chi connectivity index (χ0n) is 13.1. The van der Waals surface area contributed by atoms with E-state index in [2.05, 4.69) is 30.5 Å². The second-order valence-electron chi connectivity index (χ2n) is 4.94. The van der Waals surface area contributed by atoms with E-state index in [1.54, 1.807) is 7.11 Å². The van der Waals surface area contributed by atoms with Crippen LogP contribution in [-0.4, -0.2) is 43.3 Å². The van der Waals surface area contributed by atoms with Crippen LogP contribution in [0.1, 0.15) is 44.7 Å². The third kappa shape index (κ3) is 6.50. The smallest absolute Gasteiger partial charge is 0.0700 e. The highest BCUT2D eigenvalue weighted by Gasteiger charge is 2.12. The molecule has 1 N–H and O–H groups in total. The summed E-state index contributed by atoms with van der Waals surface area (Å²) < 4.78 is 12.6. The van der Waals surface area contributed by atoms with Gasteiger partial charge in [0.25, 0.3) is 0 Å². The van der Waals surface area contributed by atoms with Crippen LogP contribution in [0.4, 0.5) is 0 Å². The molecule has 1 rings (SSSR count). The number of nitrogens with zero attached hydrogens (tertiary/aromatic N) is 2. The van der Waals surface area contributed by atoms with Crippen LogP contribution < -0.4 is 5.32 Å². The number of methoxy groups -OCH3 is 1. The van der Waals surface area contributed by atoms with Gasteiger partial charge in [-0.3, -0.25) is 4.68 Å². The molecule has 0 fully saturated rings. The second-order valence-corrected chi connectivity index (χ2v) is 4.94. The number of aryl methyl sites for hydroxylation is 1. The molecule has 1 atom stereocenters. The molecule has 1 heterocycles. The second kappa shape index (κ2) is 10.8. The van der Waals surface area contributed by atoms with Crippen molar-refractivity contribution < 1.29 is 9.47 Å². The highest BCUT2D eigenvalue weighted by atomic mass is 16.5. The van der Waals surface area contributed by atoms with Crippen LogP contribution in [0.15, 0.2) is 12.4 Å². The summed E-state index contributed by atoms with van der Waals surface area (Å²) in [5.41, 5.74) is 1.25. The molecule has 5 nitrogen and oxygen atoms in total. The fourth-order valence-electron chi connectivity index (χ4n) is 2.06. The van der Waals surface area contributed by atoms with E-state index in [1.807, 2.05) is 10.9 Å². The minimum absolute atomic E-state index is 0.322. The fourth-order valence-corrected chi connectivity index (χ4v) is 2.06. The van der Waals surface area contributed by atoms with Crippen LogP contribution in [0, 0.1) is 0 Å². The molecule has 116 valence electrons. The van der Waals surface area contributed by atoms with E-state index in [4.69, 9.17) is 9.47 Å². The molecule has 20 heavy (non-hydrogen) atoms. The lowest BCUT2D eigenvalue weighted by Gasteiger charge is -2.17. The lowest BCUT2D eigenvalue weighted by molar-refractivity contribution is 0.0657. The lowest BCUT2D eigenvalue weighted by Crippen LogP contribution is -2.23. The van der Waals surface area contributed by atoms with Gasteiger partial charge in [0.2, 0.25) is 0 Å². The Hall–Kier alpha value is -0.910. The van der Waals surface area contributed by atoms with Crippen molar-refractivity contribution in [3.05, 3.63) is 18.0 Å². The molecule has 1 aromatic heterocycles.